The molecule has 0 saturated heterocycles. The zero-order valence-electron chi connectivity index (χ0n) is 16.7. The van der Waals surface area contributed by atoms with Crippen molar-refractivity contribution in [1.29, 1.82) is 0 Å². The Balaban J connectivity index is 1.91. The molecule has 0 aliphatic rings. The summed E-state index contributed by atoms with van der Waals surface area (Å²) in [6, 6.07) is 13.9. The van der Waals surface area contributed by atoms with Gasteiger partial charge in [-0.25, -0.2) is 0 Å². The maximum atomic E-state index is 12.2. The zero-order chi connectivity index (χ0) is 19.5. The molecule has 0 radical (unpaired) electrons. The molecule has 2 aromatic rings. The SMILES string of the molecule is CCCCOc1ccc(CCC(=O)Nc2ccc(CC)cc2)cc1OCC. The number of amides is 1. The minimum absolute atomic E-state index is 0.0143. The van der Waals surface area contributed by atoms with E-state index in [9.17, 15) is 4.79 Å². The molecule has 1 amide bonds. The van der Waals surface area contributed by atoms with Crippen LogP contribution in [0.2, 0.25) is 0 Å². The Morgan fingerprint density at radius 3 is 2.33 bits per heavy atom. The van der Waals surface area contributed by atoms with Crippen LogP contribution in [0.1, 0.15) is 51.2 Å². The fraction of sp³-hybridized carbons (Fsp3) is 0.435. The summed E-state index contributed by atoms with van der Waals surface area (Å²) >= 11 is 0. The lowest BCUT2D eigenvalue weighted by atomic mass is 10.1. The van der Waals surface area contributed by atoms with Crippen molar-refractivity contribution < 1.29 is 14.3 Å². The average Bonchev–Trinajstić information content (AvgIpc) is 2.69. The molecule has 2 rings (SSSR count). The number of anilines is 1. The van der Waals surface area contributed by atoms with Crippen LogP contribution in [0.5, 0.6) is 11.5 Å². The molecule has 0 spiro atoms. The Bertz CT molecular complexity index is 710. The third kappa shape index (κ3) is 6.97. The number of nitrogens with one attached hydrogen (secondary N) is 1. The second kappa shape index (κ2) is 11.3. The van der Waals surface area contributed by atoms with Crippen molar-refractivity contribution in [2.75, 3.05) is 18.5 Å². The molecule has 27 heavy (non-hydrogen) atoms. The van der Waals surface area contributed by atoms with Gasteiger partial charge in [0.2, 0.25) is 5.91 Å². The summed E-state index contributed by atoms with van der Waals surface area (Å²) in [4.78, 5) is 12.2. The normalized spacial score (nSPS) is 10.5. The van der Waals surface area contributed by atoms with E-state index in [4.69, 9.17) is 9.47 Å². The molecule has 0 heterocycles. The second-order valence-corrected chi connectivity index (χ2v) is 6.51. The van der Waals surface area contributed by atoms with Gasteiger partial charge in [0.1, 0.15) is 0 Å². The first-order chi connectivity index (χ1) is 13.2. The van der Waals surface area contributed by atoms with Crippen molar-refractivity contribution >= 4 is 11.6 Å². The van der Waals surface area contributed by atoms with Crippen molar-refractivity contribution in [3.8, 4) is 11.5 Å². The number of ether oxygens (including phenoxy) is 2. The van der Waals surface area contributed by atoms with E-state index in [0.29, 0.717) is 26.1 Å². The molecule has 4 heteroatoms. The van der Waals surface area contributed by atoms with Gasteiger partial charge in [-0.2, -0.15) is 0 Å². The third-order valence-corrected chi connectivity index (χ3v) is 4.35. The van der Waals surface area contributed by atoms with Gasteiger partial charge in [0.15, 0.2) is 11.5 Å². The van der Waals surface area contributed by atoms with Gasteiger partial charge < -0.3 is 14.8 Å². The maximum absolute atomic E-state index is 12.2. The van der Waals surface area contributed by atoms with Crippen molar-refractivity contribution in [2.45, 2.75) is 52.9 Å². The molecular formula is C23H31NO3. The summed E-state index contributed by atoms with van der Waals surface area (Å²) in [5.41, 5.74) is 3.17. The number of unbranched alkanes of at least 4 members (excludes halogenated alkanes) is 1. The van der Waals surface area contributed by atoms with Gasteiger partial charge in [0, 0.05) is 12.1 Å². The van der Waals surface area contributed by atoms with Crippen LogP contribution in [0.25, 0.3) is 0 Å². The van der Waals surface area contributed by atoms with E-state index in [1.165, 1.54) is 5.56 Å². The van der Waals surface area contributed by atoms with E-state index in [0.717, 1.165) is 42.0 Å². The van der Waals surface area contributed by atoms with E-state index >= 15 is 0 Å². The lowest BCUT2D eigenvalue weighted by Crippen LogP contribution is -2.12. The van der Waals surface area contributed by atoms with Gasteiger partial charge in [0.25, 0.3) is 0 Å². The van der Waals surface area contributed by atoms with Crippen LogP contribution >= 0.6 is 0 Å². The molecular weight excluding hydrogens is 338 g/mol. The zero-order valence-corrected chi connectivity index (χ0v) is 16.7. The molecule has 1 N–H and O–H groups in total. The minimum atomic E-state index is 0.0143. The van der Waals surface area contributed by atoms with Crippen LogP contribution in [0.15, 0.2) is 42.5 Å². The van der Waals surface area contributed by atoms with Crippen LogP contribution < -0.4 is 14.8 Å². The molecule has 4 nitrogen and oxygen atoms in total. The van der Waals surface area contributed by atoms with Gasteiger partial charge in [-0.15, -0.1) is 0 Å². The van der Waals surface area contributed by atoms with E-state index < -0.39 is 0 Å². The Morgan fingerprint density at radius 1 is 0.926 bits per heavy atom. The Morgan fingerprint density at radius 2 is 1.67 bits per heavy atom. The first-order valence-electron chi connectivity index (χ1n) is 9.93. The summed E-state index contributed by atoms with van der Waals surface area (Å²) in [5, 5.41) is 2.95. The highest BCUT2D eigenvalue weighted by Crippen LogP contribution is 2.29. The fourth-order valence-corrected chi connectivity index (χ4v) is 2.73. The predicted octanol–water partition coefficient (Wildman–Crippen LogP) is 5.40. The van der Waals surface area contributed by atoms with Gasteiger partial charge in [0.05, 0.1) is 13.2 Å². The molecule has 2 aromatic carbocycles. The van der Waals surface area contributed by atoms with E-state index in [1.54, 1.807) is 0 Å². The average molecular weight is 370 g/mol. The van der Waals surface area contributed by atoms with Gasteiger partial charge >= 0.3 is 0 Å². The third-order valence-electron chi connectivity index (χ3n) is 4.35. The largest absolute Gasteiger partial charge is 0.490 e. The first kappa shape index (κ1) is 20.8. The predicted molar refractivity (Wildman–Crippen MR) is 111 cm³/mol. The molecule has 146 valence electrons. The highest BCUT2D eigenvalue weighted by atomic mass is 16.5. The van der Waals surface area contributed by atoms with E-state index in [-0.39, 0.29) is 5.91 Å². The minimum Gasteiger partial charge on any atom is -0.490 e. The topological polar surface area (TPSA) is 47.6 Å². The first-order valence-corrected chi connectivity index (χ1v) is 9.93. The van der Waals surface area contributed by atoms with E-state index in [1.807, 2.05) is 49.4 Å². The Hall–Kier alpha value is -2.49. The number of benzene rings is 2. The van der Waals surface area contributed by atoms with Crippen LogP contribution in [-0.2, 0) is 17.6 Å². The van der Waals surface area contributed by atoms with Crippen molar-refractivity contribution in [2.24, 2.45) is 0 Å². The van der Waals surface area contributed by atoms with Crippen LogP contribution in [0.3, 0.4) is 0 Å². The second-order valence-electron chi connectivity index (χ2n) is 6.51. The van der Waals surface area contributed by atoms with Crippen molar-refractivity contribution in [3.63, 3.8) is 0 Å². The number of carbonyl (C=O) groups excluding carboxylic acids is 1. The van der Waals surface area contributed by atoms with Gasteiger partial charge in [-0.05, 0) is 61.6 Å². The molecule has 0 bridgehead atoms. The summed E-state index contributed by atoms with van der Waals surface area (Å²) in [6.07, 6.45) is 4.20. The summed E-state index contributed by atoms with van der Waals surface area (Å²) in [6.45, 7) is 7.49. The van der Waals surface area contributed by atoms with Crippen molar-refractivity contribution in [3.05, 3.63) is 53.6 Å². The highest BCUT2D eigenvalue weighted by molar-refractivity contribution is 5.90. The standard InChI is InChI=1S/C23H31NO3/c1-4-7-16-27-21-14-10-19(17-22(21)26-6-3)11-15-23(25)24-20-12-8-18(5-2)9-13-20/h8-10,12-14,17H,4-7,11,15-16H2,1-3H3,(H,24,25). The van der Waals surface area contributed by atoms with Crippen LogP contribution in [0, 0.1) is 0 Å². The maximum Gasteiger partial charge on any atom is 0.224 e. The van der Waals surface area contributed by atoms with Crippen LogP contribution in [0.4, 0.5) is 5.69 Å². The van der Waals surface area contributed by atoms with E-state index in [2.05, 4.69) is 19.2 Å². The Kier molecular flexibility index (Phi) is 8.69. The number of rotatable bonds is 11. The Labute approximate surface area is 162 Å². The lowest BCUT2D eigenvalue weighted by Gasteiger charge is -2.13. The van der Waals surface area contributed by atoms with Gasteiger partial charge in [-0.1, -0.05) is 38.5 Å². The summed E-state index contributed by atoms with van der Waals surface area (Å²) < 4.78 is 11.5. The molecule has 0 aliphatic carbocycles. The fourth-order valence-electron chi connectivity index (χ4n) is 2.73. The number of hydrogen-bond donors (Lipinski definition) is 1. The summed E-state index contributed by atoms with van der Waals surface area (Å²) in [7, 11) is 0. The quantitative estimate of drug-likeness (QED) is 0.540. The smallest absolute Gasteiger partial charge is 0.224 e. The summed E-state index contributed by atoms with van der Waals surface area (Å²) in [5.74, 6) is 1.54. The molecule has 0 atom stereocenters. The number of carbonyl (C=O) groups is 1. The highest BCUT2D eigenvalue weighted by Gasteiger charge is 2.09. The number of hydrogen-bond acceptors (Lipinski definition) is 3. The molecule has 0 saturated carbocycles. The monoisotopic (exact) mass is 369 g/mol. The van der Waals surface area contributed by atoms with Crippen LogP contribution in [-0.4, -0.2) is 19.1 Å². The molecule has 0 aromatic heterocycles. The number of aryl methyl sites for hydroxylation is 2. The lowest BCUT2D eigenvalue weighted by molar-refractivity contribution is -0.116. The van der Waals surface area contributed by atoms with Crippen molar-refractivity contribution in [1.82, 2.24) is 0 Å². The molecule has 0 aliphatic heterocycles. The molecule has 0 unspecified atom stereocenters. The molecule has 0 fully saturated rings. The van der Waals surface area contributed by atoms with Gasteiger partial charge in [-0.3, -0.25) is 4.79 Å².